The van der Waals surface area contributed by atoms with Crippen LogP contribution in [0.1, 0.15) is 23.1 Å². The van der Waals surface area contributed by atoms with Crippen LogP contribution in [0.3, 0.4) is 0 Å². The minimum Gasteiger partial charge on any atom is -0.497 e. The van der Waals surface area contributed by atoms with Gasteiger partial charge >= 0.3 is 0 Å². The third-order valence-corrected chi connectivity index (χ3v) is 5.78. The van der Waals surface area contributed by atoms with Gasteiger partial charge < -0.3 is 14.2 Å². The minimum absolute atomic E-state index is 0.568. The van der Waals surface area contributed by atoms with Crippen LogP contribution in [0.15, 0.2) is 59.1 Å². The van der Waals surface area contributed by atoms with Crippen molar-refractivity contribution in [2.75, 3.05) is 14.2 Å². The summed E-state index contributed by atoms with van der Waals surface area (Å²) in [4.78, 5) is 0. The zero-order valence-corrected chi connectivity index (χ0v) is 17.7. The molecule has 0 bridgehead atoms. The fraction of sp³-hybridized carbons (Fsp3) is 0.250. The predicted molar refractivity (Wildman–Crippen MR) is 115 cm³/mol. The highest BCUT2D eigenvalue weighted by atomic mass is 79.9. The molecule has 0 fully saturated rings. The lowest BCUT2D eigenvalue weighted by molar-refractivity contribution is 0.301. The first-order valence-electron chi connectivity index (χ1n) is 9.44. The second-order valence-electron chi connectivity index (χ2n) is 6.92. The van der Waals surface area contributed by atoms with Crippen molar-refractivity contribution in [1.82, 2.24) is 0 Å². The summed E-state index contributed by atoms with van der Waals surface area (Å²) in [6, 6.07) is 18.5. The van der Waals surface area contributed by atoms with Crippen molar-refractivity contribution in [2.45, 2.75) is 25.9 Å². The SMILES string of the molecule is COc1cc(OC)cc(-c2cc(Br)c(OCc3ccccc3)c3c2CCC3)c1. The van der Waals surface area contributed by atoms with Crippen LogP contribution in [0.2, 0.25) is 0 Å². The number of hydrogen-bond acceptors (Lipinski definition) is 3. The summed E-state index contributed by atoms with van der Waals surface area (Å²) >= 11 is 3.76. The summed E-state index contributed by atoms with van der Waals surface area (Å²) in [6.07, 6.45) is 3.23. The monoisotopic (exact) mass is 438 g/mol. The Morgan fingerprint density at radius 1 is 0.857 bits per heavy atom. The number of ether oxygens (including phenoxy) is 3. The summed E-state index contributed by atoms with van der Waals surface area (Å²) in [5.41, 5.74) is 6.15. The Morgan fingerprint density at radius 3 is 2.21 bits per heavy atom. The summed E-state index contributed by atoms with van der Waals surface area (Å²) in [5.74, 6) is 2.55. The molecule has 144 valence electrons. The number of fused-ring (bicyclic) bond motifs is 1. The topological polar surface area (TPSA) is 27.7 Å². The zero-order chi connectivity index (χ0) is 19.5. The lowest BCUT2D eigenvalue weighted by atomic mass is 9.96. The molecule has 0 N–H and O–H groups in total. The van der Waals surface area contributed by atoms with E-state index >= 15 is 0 Å². The number of hydrogen-bond donors (Lipinski definition) is 0. The van der Waals surface area contributed by atoms with E-state index in [0.717, 1.165) is 46.5 Å². The lowest BCUT2D eigenvalue weighted by Gasteiger charge is -2.18. The quantitative estimate of drug-likeness (QED) is 0.458. The standard InChI is InChI=1S/C24H23BrO3/c1-26-18-11-17(12-19(13-18)27-2)22-14-23(25)24(21-10-6-9-20(21)22)28-15-16-7-4-3-5-8-16/h3-5,7-8,11-14H,6,9-10,15H2,1-2H3. The van der Waals surface area contributed by atoms with E-state index in [9.17, 15) is 0 Å². The number of rotatable bonds is 6. The molecule has 4 rings (SSSR count). The van der Waals surface area contributed by atoms with Crippen LogP contribution < -0.4 is 14.2 Å². The third-order valence-electron chi connectivity index (χ3n) is 5.19. The normalized spacial score (nSPS) is 12.5. The molecule has 0 aromatic heterocycles. The third kappa shape index (κ3) is 3.74. The Labute approximate surface area is 174 Å². The molecule has 3 nitrogen and oxygen atoms in total. The van der Waals surface area contributed by atoms with Crippen molar-refractivity contribution < 1.29 is 14.2 Å². The smallest absolute Gasteiger partial charge is 0.137 e. The van der Waals surface area contributed by atoms with Gasteiger partial charge in [0, 0.05) is 6.07 Å². The van der Waals surface area contributed by atoms with Gasteiger partial charge in [-0.3, -0.25) is 0 Å². The summed E-state index contributed by atoms with van der Waals surface area (Å²) in [6.45, 7) is 0.568. The van der Waals surface area contributed by atoms with Crippen LogP contribution in [-0.4, -0.2) is 14.2 Å². The first-order valence-corrected chi connectivity index (χ1v) is 10.2. The number of halogens is 1. The van der Waals surface area contributed by atoms with E-state index in [1.54, 1.807) is 14.2 Å². The Morgan fingerprint density at radius 2 is 1.54 bits per heavy atom. The predicted octanol–water partition coefficient (Wildman–Crippen LogP) is 6.20. The van der Waals surface area contributed by atoms with Crippen LogP contribution in [-0.2, 0) is 19.4 Å². The van der Waals surface area contributed by atoms with Crippen LogP contribution in [0.4, 0.5) is 0 Å². The molecule has 1 aliphatic carbocycles. The molecule has 0 spiro atoms. The first kappa shape index (κ1) is 18.9. The highest BCUT2D eigenvalue weighted by molar-refractivity contribution is 9.10. The summed E-state index contributed by atoms with van der Waals surface area (Å²) in [5, 5.41) is 0. The summed E-state index contributed by atoms with van der Waals surface area (Å²) in [7, 11) is 3.36. The van der Waals surface area contributed by atoms with Gasteiger partial charge in [-0.15, -0.1) is 0 Å². The molecule has 0 saturated heterocycles. The van der Waals surface area contributed by atoms with E-state index in [-0.39, 0.29) is 0 Å². The molecule has 0 unspecified atom stereocenters. The van der Waals surface area contributed by atoms with Crippen molar-refractivity contribution in [3.63, 3.8) is 0 Å². The van der Waals surface area contributed by atoms with Gasteiger partial charge in [0.1, 0.15) is 23.9 Å². The Balaban J connectivity index is 1.73. The van der Waals surface area contributed by atoms with Crippen LogP contribution >= 0.6 is 15.9 Å². The Kier molecular flexibility index (Phi) is 5.58. The minimum atomic E-state index is 0.568. The highest BCUT2D eigenvalue weighted by Crippen LogP contribution is 2.44. The van der Waals surface area contributed by atoms with E-state index in [4.69, 9.17) is 14.2 Å². The fourth-order valence-electron chi connectivity index (χ4n) is 3.82. The van der Waals surface area contributed by atoms with Gasteiger partial charge in [-0.05, 0) is 81.2 Å². The Bertz CT molecular complexity index is 961. The van der Waals surface area contributed by atoms with E-state index in [0.29, 0.717) is 6.61 Å². The first-order chi connectivity index (χ1) is 13.7. The molecule has 0 saturated carbocycles. The van der Waals surface area contributed by atoms with E-state index in [2.05, 4.69) is 46.3 Å². The fourth-order valence-corrected chi connectivity index (χ4v) is 4.40. The molecule has 1 aliphatic rings. The van der Waals surface area contributed by atoms with Gasteiger partial charge in [0.25, 0.3) is 0 Å². The van der Waals surface area contributed by atoms with Crippen LogP contribution in [0.5, 0.6) is 17.2 Å². The summed E-state index contributed by atoms with van der Waals surface area (Å²) < 4.78 is 18.2. The van der Waals surface area contributed by atoms with Gasteiger partial charge in [-0.2, -0.15) is 0 Å². The molecular formula is C24H23BrO3. The average Bonchev–Trinajstić information content (AvgIpc) is 3.22. The number of benzene rings is 3. The van der Waals surface area contributed by atoms with Gasteiger partial charge in [0.15, 0.2) is 0 Å². The Hall–Kier alpha value is -2.46. The van der Waals surface area contributed by atoms with E-state index < -0.39 is 0 Å². The molecule has 3 aromatic carbocycles. The molecule has 0 heterocycles. The van der Waals surface area contributed by atoms with Crippen LogP contribution in [0.25, 0.3) is 11.1 Å². The molecule has 0 radical (unpaired) electrons. The molecule has 4 heteroatoms. The maximum atomic E-state index is 6.25. The van der Waals surface area contributed by atoms with Gasteiger partial charge in [-0.1, -0.05) is 30.3 Å². The molecule has 0 aliphatic heterocycles. The van der Waals surface area contributed by atoms with Crippen LogP contribution in [0, 0.1) is 0 Å². The molecule has 0 amide bonds. The maximum absolute atomic E-state index is 6.25. The second-order valence-corrected chi connectivity index (χ2v) is 7.78. The second kappa shape index (κ2) is 8.27. The van der Waals surface area contributed by atoms with Crippen molar-refractivity contribution in [1.29, 1.82) is 0 Å². The molecule has 3 aromatic rings. The van der Waals surface area contributed by atoms with E-state index in [1.165, 1.54) is 22.3 Å². The average molecular weight is 439 g/mol. The van der Waals surface area contributed by atoms with Crippen molar-refractivity contribution in [2.24, 2.45) is 0 Å². The number of methoxy groups -OCH3 is 2. The molecule has 0 atom stereocenters. The van der Waals surface area contributed by atoms with E-state index in [1.807, 2.05) is 24.3 Å². The van der Waals surface area contributed by atoms with Crippen molar-refractivity contribution in [3.05, 3.63) is 75.8 Å². The molecular weight excluding hydrogens is 416 g/mol. The molecule has 28 heavy (non-hydrogen) atoms. The van der Waals surface area contributed by atoms with Crippen molar-refractivity contribution >= 4 is 15.9 Å². The maximum Gasteiger partial charge on any atom is 0.137 e. The van der Waals surface area contributed by atoms with Gasteiger partial charge in [0.05, 0.1) is 18.7 Å². The zero-order valence-electron chi connectivity index (χ0n) is 16.1. The van der Waals surface area contributed by atoms with Crippen molar-refractivity contribution in [3.8, 4) is 28.4 Å². The largest absolute Gasteiger partial charge is 0.497 e. The lowest BCUT2D eigenvalue weighted by Crippen LogP contribution is -2.01. The highest BCUT2D eigenvalue weighted by Gasteiger charge is 2.23. The van der Waals surface area contributed by atoms with Gasteiger partial charge in [-0.25, -0.2) is 0 Å². The van der Waals surface area contributed by atoms with Gasteiger partial charge in [0.2, 0.25) is 0 Å².